The van der Waals surface area contributed by atoms with Gasteiger partial charge in [0.05, 0.1) is 6.04 Å². The molecule has 1 amide bonds. The van der Waals surface area contributed by atoms with Crippen molar-refractivity contribution in [3.05, 3.63) is 18.2 Å². The van der Waals surface area contributed by atoms with Crippen LogP contribution in [-0.2, 0) is 4.79 Å². The molecule has 1 aromatic heterocycles. The quantitative estimate of drug-likeness (QED) is 0.884. The van der Waals surface area contributed by atoms with Crippen molar-refractivity contribution in [3.63, 3.8) is 0 Å². The minimum Gasteiger partial charge on any atom is -0.347 e. The number of imidazole rings is 1. The van der Waals surface area contributed by atoms with Gasteiger partial charge in [-0.1, -0.05) is 0 Å². The first kappa shape index (κ1) is 13.4. The molecule has 0 saturated carbocycles. The molecule has 5 nitrogen and oxygen atoms in total. The Hall–Kier alpha value is -1.01. The Morgan fingerprint density at radius 1 is 1.61 bits per heavy atom. The maximum Gasteiger partial charge on any atom is 0.223 e. The van der Waals surface area contributed by atoms with Crippen LogP contribution in [0.25, 0.3) is 0 Å². The summed E-state index contributed by atoms with van der Waals surface area (Å²) in [5.74, 6) is 2.10. The highest BCUT2D eigenvalue weighted by Crippen LogP contribution is 2.21. The van der Waals surface area contributed by atoms with Gasteiger partial charge in [-0.05, 0) is 13.3 Å². The van der Waals surface area contributed by atoms with E-state index in [0.29, 0.717) is 6.42 Å². The summed E-state index contributed by atoms with van der Waals surface area (Å²) in [6.45, 7) is 2.45. The number of amides is 1. The molecular formula is C12H20N4OS. The summed E-state index contributed by atoms with van der Waals surface area (Å²) in [4.78, 5) is 23.7. The van der Waals surface area contributed by atoms with Crippen LogP contribution in [0.2, 0.25) is 0 Å². The van der Waals surface area contributed by atoms with Crippen LogP contribution in [0.5, 0.6) is 0 Å². The van der Waals surface area contributed by atoms with Gasteiger partial charge in [0.2, 0.25) is 5.91 Å². The van der Waals surface area contributed by atoms with Crippen molar-refractivity contribution in [2.75, 3.05) is 38.7 Å². The molecule has 1 aliphatic rings. The highest BCUT2D eigenvalue weighted by Gasteiger charge is 2.29. The fourth-order valence-electron chi connectivity index (χ4n) is 2.20. The molecule has 1 atom stereocenters. The molecule has 1 N–H and O–H groups in total. The summed E-state index contributed by atoms with van der Waals surface area (Å²) < 4.78 is 0. The van der Waals surface area contributed by atoms with Crippen molar-refractivity contribution in [3.8, 4) is 0 Å². The number of rotatable bonds is 4. The van der Waals surface area contributed by atoms with Gasteiger partial charge in [0.25, 0.3) is 0 Å². The number of carbonyl (C=O) groups is 1. The van der Waals surface area contributed by atoms with Gasteiger partial charge in [-0.25, -0.2) is 4.98 Å². The van der Waals surface area contributed by atoms with E-state index < -0.39 is 0 Å². The number of hydrogen-bond donors (Lipinski definition) is 1. The number of carbonyl (C=O) groups excluding carboxylic acids is 1. The Bertz CT molecular complexity index is 381. The second-order valence-corrected chi connectivity index (χ2v) is 5.54. The summed E-state index contributed by atoms with van der Waals surface area (Å²) in [7, 11) is 2.08. The molecule has 1 saturated heterocycles. The molecule has 1 unspecified atom stereocenters. The second-order valence-electron chi connectivity index (χ2n) is 4.55. The van der Waals surface area contributed by atoms with Crippen molar-refractivity contribution < 1.29 is 4.79 Å². The molecule has 18 heavy (non-hydrogen) atoms. The largest absolute Gasteiger partial charge is 0.347 e. The Balaban J connectivity index is 1.98. The number of nitrogens with one attached hydrogen (secondary N) is 1. The van der Waals surface area contributed by atoms with Crippen molar-refractivity contribution in [1.29, 1.82) is 0 Å². The Morgan fingerprint density at radius 3 is 3.11 bits per heavy atom. The first-order valence-corrected chi connectivity index (χ1v) is 7.58. The fraction of sp³-hybridized carbons (Fsp3) is 0.667. The molecule has 6 heteroatoms. The van der Waals surface area contributed by atoms with E-state index in [-0.39, 0.29) is 11.9 Å². The van der Waals surface area contributed by atoms with Gasteiger partial charge in [0, 0.05) is 44.2 Å². The van der Waals surface area contributed by atoms with Crippen LogP contribution in [-0.4, -0.2) is 64.4 Å². The fourth-order valence-corrected chi connectivity index (χ4v) is 2.58. The van der Waals surface area contributed by atoms with Gasteiger partial charge in [-0.15, -0.1) is 0 Å². The predicted molar refractivity (Wildman–Crippen MR) is 73.5 cm³/mol. The third-order valence-electron chi connectivity index (χ3n) is 3.36. The van der Waals surface area contributed by atoms with Crippen LogP contribution in [0.15, 0.2) is 12.4 Å². The van der Waals surface area contributed by atoms with Crippen LogP contribution in [0.4, 0.5) is 0 Å². The Labute approximate surface area is 112 Å². The molecule has 0 bridgehead atoms. The van der Waals surface area contributed by atoms with Gasteiger partial charge in [0.1, 0.15) is 5.82 Å². The summed E-state index contributed by atoms with van der Waals surface area (Å²) in [5, 5.41) is 0. The molecule has 1 aliphatic heterocycles. The van der Waals surface area contributed by atoms with Crippen LogP contribution >= 0.6 is 11.8 Å². The van der Waals surface area contributed by atoms with Gasteiger partial charge in [-0.3, -0.25) is 9.69 Å². The molecule has 2 rings (SSSR count). The SMILES string of the molecule is CSCCC(=O)N1CCN(C)C(c2ncc[nH]2)C1. The summed E-state index contributed by atoms with van der Waals surface area (Å²) >= 11 is 1.72. The molecule has 0 spiro atoms. The molecule has 0 aromatic carbocycles. The first-order chi connectivity index (χ1) is 8.72. The zero-order valence-electron chi connectivity index (χ0n) is 10.9. The normalized spacial score (nSPS) is 21.2. The summed E-state index contributed by atoms with van der Waals surface area (Å²) in [6, 6.07) is 0.187. The van der Waals surface area contributed by atoms with Crippen molar-refractivity contribution >= 4 is 17.7 Å². The van der Waals surface area contributed by atoms with E-state index in [2.05, 4.69) is 21.9 Å². The van der Waals surface area contributed by atoms with Gasteiger partial charge >= 0.3 is 0 Å². The highest BCUT2D eigenvalue weighted by molar-refractivity contribution is 7.98. The molecular weight excluding hydrogens is 248 g/mol. The zero-order valence-corrected chi connectivity index (χ0v) is 11.7. The standard InChI is InChI=1S/C12H20N4OS/c1-15-6-7-16(11(17)3-8-18-2)9-10(15)12-13-4-5-14-12/h4-5,10H,3,6-9H2,1-2H3,(H,13,14). The number of aromatic nitrogens is 2. The molecule has 100 valence electrons. The number of piperazine rings is 1. The lowest BCUT2D eigenvalue weighted by molar-refractivity contribution is -0.133. The van der Waals surface area contributed by atoms with E-state index in [1.165, 1.54) is 0 Å². The minimum absolute atomic E-state index is 0.187. The highest BCUT2D eigenvalue weighted by atomic mass is 32.2. The minimum atomic E-state index is 0.187. The first-order valence-electron chi connectivity index (χ1n) is 6.18. The van der Waals surface area contributed by atoms with Crippen LogP contribution in [0.1, 0.15) is 18.3 Å². The monoisotopic (exact) mass is 268 g/mol. The number of thioether (sulfide) groups is 1. The third kappa shape index (κ3) is 3.05. The molecule has 2 heterocycles. The maximum atomic E-state index is 12.0. The van der Waals surface area contributed by atoms with E-state index in [9.17, 15) is 4.79 Å². The molecule has 1 fully saturated rings. The average Bonchev–Trinajstić information content (AvgIpc) is 2.90. The smallest absolute Gasteiger partial charge is 0.223 e. The number of nitrogens with zero attached hydrogens (tertiary/aromatic N) is 3. The van der Waals surface area contributed by atoms with E-state index in [4.69, 9.17) is 0 Å². The van der Waals surface area contributed by atoms with Crippen LogP contribution < -0.4 is 0 Å². The lowest BCUT2D eigenvalue weighted by Crippen LogP contribution is -2.49. The molecule has 1 aromatic rings. The molecule has 0 aliphatic carbocycles. The number of aromatic amines is 1. The number of likely N-dealkylation sites (N-methyl/N-ethyl adjacent to an activating group) is 1. The Kier molecular flexibility index (Phi) is 4.66. The summed E-state index contributed by atoms with van der Waals surface area (Å²) in [5.41, 5.74) is 0. The van der Waals surface area contributed by atoms with E-state index in [1.807, 2.05) is 17.4 Å². The second kappa shape index (κ2) is 6.24. The third-order valence-corrected chi connectivity index (χ3v) is 3.97. The van der Waals surface area contributed by atoms with Crippen molar-refractivity contribution in [2.24, 2.45) is 0 Å². The predicted octanol–water partition coefficient (Wildman–Crippen LogP) is 0.978. The topological polar surface area (TPSA) is 52.2 Å². The van der Waals surface area contributed by atoms with E-state index in [0.717, 1.165) is 31.2 Å². The number of hydrogen-bond acceptors (Lipinski definition) is 4. The lowest BCUT2D eigenvalue weighted by atomic mass is 10.1. The van der Waals surface area contributed by atoms with Crippen LogP contribution in [0, 0.1) is 0 Å². The van der Waals surface area contributed by atoms with Crippen molar-refractivity contribution in [1.82, 2.24) is 19.8 Å². The number of H-pyrrole nitrogens is 1. The van der Waals surface area contributed by atoms with Crippen LogP contribution in [0.3, 0.4) is 0 Å². The Morgan fingerprint density at radius 2 is 2.44 bits per heavy atom. The van der Waals surface area contributed by atoms with E-state index >= 15 is 0 Å². The molecule has 0 radical (unpaired) electrons. The lowest BCUT2D eigenvalue weighted by Gasteiger charge is -2.38. The summed E-state index contributed by atoms with van der Waals surface area (Å²) in [6.07, 6.45) is 6.26. The average molecular weight is 268 g/mol. The van der Waals surface area contributed by atoms with E-state index in [1.54, 1.807) is 18.0 Å². The maximum absolute atomic E-state index is 12.0. The van der Waals surface area contributed by atoms with Gasteiger partial charge < -0.3 is 9.88 Å². The van der Waals surface area contributed by atoms with Crippen molar-refractivity contribution in [2.45, 2.75) is 12.5 Å². The van der Waals surface area contributed by atoms with Gasteiger partial charge in [-0.2, -0.15) is 11.8 Å². The van der Waals surface area contributed by atoms with Gasteiger partial charge in [0.15, 0.2) is 0 Å². The zero-order chi connectivity index (χ0) is 13.0.